The molecule has 0 saturated heterocycles. The number of amides is 1. The molecule has 1 amide bonds. The van der Waals surface area contributed by atoms with Crippen LogP contribution in [0.2, 0.25) is 5.02 Å². The minimum absolute atomic E-state index is 0.0400. The van der Waals surface area contributed by atoms with Crippen molar-refractivity contribution in [2.45, 2.75) is 6.18 Å². The van der Waals surface area contributed by atoms with Gasteiger partial charge in [0.2, 0.25) is 0 Å². The number of carboxylic acids is 1. The molecular weight excluding hydrogens is 444 g/mol. The quantitative estimate of drug-likeness (QED) is 0.487. The number of aromatic nitrogens is 1. The van der Waals surface area contributed by atoms with Crippen LogP contribution in [0, 0.1) is 5.82 Å². The molecule has 3 rings (SSSR count). The van der Waals surface area contributed by atoms with Gasteiger partial charge in [-0.1, -0.05) is 11.6 Å². The number of halogens is 5. The Labute approximate surface area is 177 Å². The lowest BCUT2D eigenvalue weighted by Gasteiger charge is -2.15. The molecule has 0 saturated carbocycles. The van der Waals surface area contributed by atoms with Crippen LogP contribution in [0.4, 0.5) is 23.2 Å². The number of ether oxygens (including phenoxy) is 1. The van der Waals surface area contributed by atoms with E-state index in [1.54, 1.807) is 0 Å². The Bertz CT molecular complexity index is 1150. The van der Waals surface area contributed by atoms with E-state index in [0.29, 0.717) is 12.1 Å². The molecule has 0 aliphatic carbocycles. The van der Waals surface area contributed by atoms with Gasteiger partial charge in [0, 0.05) is 0 Å². The first kappa shape index (κ1) is 22.0. The number of hydrogen-bond acceptors (Lipinski definition) is 4. The third-order valence-electron chi connectivity index (χ3n) is 3.91. The van der Waals surface area contributed by atoms with E-state index >= 15 is 0 Å². The van der Waals surface area contributed by atoms with E-state index in [4.69, 9.17) is 21.4 Å². The Morgan fingerprint density at radius 3 is 2.32 bits per heavy atom. The molecule has 3 aromatic rings. The minimum Gasteiger partial charge on any atom is -0.477 e. The fourth-order valence-corrected chi connectivity index (χ4v) is 2.65. The van der Waals surface area contributed by atoms with Crippen molar-refractivity contribution in [1.29, 1.82) is 0 Å². The van der Waals surface area contributed by atoms with Crippen molar-refractivity contribution >= 4 is 29.2 Å². The molecule has 160 valence electrons. The topological polar surface area (TPSA) is 88.5 Å². The van der Waals surface area contributed by atoms with Crippen molar-refractivity contribution in [3.63, 3.8) is 0 Å². The molecule has 1 heterocycles. The van der Waals surface area contributed by atoms with Crippen molar-refractivity contribution in [3.05, 3.63) is 82.4 Å². The summed E-state index contributed by atoms with van der Waals surface area (Å²) < 4.78 is 58.1. The SMILES string of the molecule is O=C(O)c1ccc(NC(=O)c2cc(C(F)(F)F)ccc2Oc2ccc(F)cc2Cl)cn1. The normalized spacial score (nSPS) is 11.1. The van der Waals surface area contributed by atoms with Crippen molar-refractivity contribution in [2.24, 2.45) is 0 Å². The first-order valence-electron chi connectivity index (χ1n) is 8.39. The van der Waals surface area contributed by atoms with E-state index in [9.17, 15) is 27.2 Å². The van der Waals surface area contributed by atoms with Crippen molar-refractivity contribution in [3.8, 4) is 11.5 Å². The average molecular weight is 455 g/mol. The maximum Gasteiger partial charge on any atom is 0.416 e. The molecule has 2 N–H and O–H groups in total. The molecule has 1 aromatic heterocycles. The fourth-order valence-electron chi connectivity index (χ4n) is 2.44. The first-order chi connectivity index (χ1) is 14.5. The number of carboxylic acid groups (broad SMARTS) is 1. The standard InChI is InChI=1S/C20H11ClF4N2O4/c21-14-8-11(22)2-6-17(14)31-16-5-1-10(20(23,24)25)7-13(16)18(28)27-12-3-4-15(19(29)30)26-9-12/h1-9H,(H,27,28)(H,29,30). The number of alkyl halides is 3. The Balaban J connectivity index is 1.96. The van der Waals surface area contributed by atoms with Crippen LogP contribution in [0.1, 0.15) is 26.4 Å². The molecule has 0 unspecified atom stereocenters. The van der Waals surface area contributed by atoms with Gasteiger partial charge >= 0.3 is 12.1 Å². The second kappa shape index (κ2) is 8.60. The van der Waals surface area contributed by atoms with Gasteiger partial charge in [0.25, 0.3) is 5.91 Å². The van der Waals surface area contributed by atoms with Gasteiger partial charge in [-0.3, -0.25) is 4.79 Å². The van der Waals surface area contributed by atoms with Crippen LogP contribution >= 0.6 is 11.6 Å². The lowest BCUT2D eigenvalue weighted by Crippen LogP contribution is -2.15. The van der Waals surface area contributed by atoms with E-state index in [-0.39, 0.29) is 27.9 Å². The summed E-state index contributed by atoms with van der Waals surface area (Å²) in [6.07, 6.45) is -3.70. The van der Waals surface area contributed by atoms with Crippen molar-refractivity contribution < 1.29 is 37.0 Å². The van der Waals surface area contributed by atoms with Gasteiger partial charge in [0.05, 0.1) is 28.0 Å². The minimum atomic E-state index is -4.73. The van der Waals surface area contributed by atoms with Gasteiger partial charge in [0.1, 0.15) is 23.0 Å². The molecule has 0 aliphatic rings. The Morgan fingerprint density at radius 2 is 1.74 bits per heavy atom. The number of nitrogens with zero attached hydrogens (tertiary/aromatic N) is 1. The smallest absolute Gasteiger partial charge is 0.416 e. The highest BCUT2D eigenvalue weighted by Gasteiger charge is 2.32. The molecule has 11 heteroatoms. The summed E-state index contributed by atoms with van der Waals surface area (Å²) in [6, 6.07) is 7.69. The Morgan fingerprint density at radius 1 is 1.03 bits per heavy atom. The van der Waals surface area contributed by atoms with Crippen molar-refractivity contribution in [2.75, 3.05) is 5.32 Å². The molecular formula is C20H11ClF4N2O4. The number of benzene rings is 2. The second-order valence-electron chi connectivity index (χ2n) is 6.08. The van der Waals surface area contributed by atoms with E-state index in [0.717, 1.165) is 36.5 Å². The molecule has 0 fully saturated rings. The predicted octanol–water partition coefficient (Wildman–Crippen LogP) is 5.64. The molecule has 2 aromatic carbocycles. The highest BCUT2D eigenvalue weighted by Crippen LogP contribution is 2.36. The highest BCUT2D eigenvalue weighted by atomic mass is 35.5. The van der Waals surface area contributed by atoms with Gasteiger partial charge in [-0.15, -0.1) is 0 Å². The maximum absolute atomic E-state index is 13.2. The van der Waals surface area contributed by atoms with Gasteiger partial charge in [0.15, 0.2) is 0 Å². The highest BCUT2D eigenvalue weighted by molar-refractivity contribution is 6.32. The summed E-state index contributed by atoms with van der Waals surface area (Å²) in [7, 11) is 0. The zero-order chi connectivity index (χ0) is 22.8. The zero-order valence-corrected chi connectivity index (χ0v) is 16.0. The molecule has 0 radical (unpaired) electrons. The van der Waals surface area contributed by atoms with E-state index in [2.05, 4.69) is 10.3 Å². The summed E-state index contributed by atoms with van der Waals surface area (Å²) in [6.45, 7) is 0. The summed E-state index contributed by atoms with van der Waals surface area (Å²) in [5.74, 6) is -3.27. The Kier molecular flexibility index (Phi) is 6.11. The average Bonchev–Trinajstić information content (AvgIpc) is 2.70. The Hall–Kier alpha value is -3.66. The third-order valence-corrected chi connectivity index (χ3v) is 4.20. The maximum atomic E-state index is 13.2. The molecule has 6 nitrogen and oxygen atoms in total. The lowest BCUT2D eigenvalue weighted by atomic mass is 10.1. The van der Waals surface area contributed by atoms with E-state index < -0.39 is 35.0 Å². The second-order valence-corrected chi connectivity index (χ2v) is 6.48. The van der Waals surface area contributed by atoms with Gasteiger partial charge in [-0.2, -0.15) is 13.2 Å². The monoisotopic (exact) mass is 454 g/mol. The van der Waals surface area contributed by atoms with Crippen LogP contribution in [0.15, 0.2) is 54.7 Å². The molecule has 0 spiro atoms. The number of nitrogens with one attached hydrogen (secondary N) is 1. The number of anilines is 1. The number of carbonyl (C=O) groups is 2. The first-order valence-corrected chi connectivity index (χ1v) is 8.77. The summed E-state index contributed by atoms with van der Waals surface area (Å²) in [4.78, 5) is 27.1. The van der Waals surface area contributed by atoms with E-state index in [1.165, 1.54) is 6.07 Å². The number of aromatic carboxylic acids is 1. The largest absolute Gasteiger partial charge is 0.477 e. The molecule has 0 aliphatic heterocycles. The molecule has 0 bridgehead atoms. The number of pyridine rings is 1. The van der Waals surface area contributed by atoms with Crippen LogP contribution in [0.3, 0.4) is 0 Å². The number of rotatable bonds is 5. The van der Waals surface area contributed by atoms with Crippen LogP contribution in [0.25, 0.3) is 0 Å². The lowest BCUT2D eigenvalue weighted by molar-refractivity contribution is -0.137. The molecule has 0 atom stereocenters. The zero-order valence-electron chi connectivity index (χ0n) is 15.2. The summed E-state index contributed by atoms with van der Waals surface area (Å²) in [5.41, 5.74) is -1.84. The number of hydrogen-bond donors (Lipinski definition) is 2. The van der Waals surface area contributed by atoms with Crippen LogP contribution in [0.5, 0.6) is 11.5 Å². The van der Waals surface area contributed by atoms with Crippen LogP contribution in [-0.4, -0.2) is 22.0 Å². The third kappa shape index (κ3) is 5.28. The van der Waals surface area contributed by atoms with Crippen molar-refractivity contribution in [1.82, 2.24) is 4.98 Å². The molecule has 31 heavy (non-hydrogen) atoms. The van der Waals surface area contributed by atoms with Crippen LogP contribution in [-0.2, 0) is 6.18 Å². The van der Waals surface area contributed by atoms with Gasteiger partial charge < -0.3 is 15.2 Å². The number of carbonyl (C=O) groups excluding carboxylic acids is 1. The fraction of sp³-hybridized carbons (Fsp3) is 0.0500. The summed E-state index contributed by atoms with van der Waals surface area (Å²) in [5, 5.41) is 11.0. The van der Waals surface area contributed by atoms with Gasteiger partial charge in [-0.25, -0.2) is 14.2 Å². The van der Waals surface area contributed by atoms with E-state index in [1.807, 2.05) is 0 Å². The van der Waals surface area contributed by atoms with Crippen LogP contribution < -0.4 is 10.1 Å². The summed E-state index contributed by atoms with van der Waals surface area (Å²) >= 11 is 5.88. The predicted molar refractivity (Wildman–Crippen MR) is 102 cm³/mol. The van der Waals surface area contributed by atoms with Gasteiger partial charge in [-0.05, 0) is 48.5 Å².